The van der Waals surface area contributed by atoms with E-state index in [1.807, 2.05) is 47.5 Å². The number of hydrogen-bond donors (Lipinski definition) is 1. The van der Waals surface area contributed by atoms with E-state index in [0.717, 1.165) is 28.1 Å². The number of para-hydroxylation sites is 2. The highest BCUT2D eigenvalue weighted by Crippen LogP contribution is 2.24. The molecule has 7 nitrogen and oxygen atoms in total. The van der Waals surface area contributed by atoms with Crippen molar-refractivity contribution in [2.24, 2.45) is 14.1 Å². The molecular weight excluding hydrogens is 378 g/mol. The zero-order valence-corrected chi connectivity index (χ0v) is 17.6. The summed E-state index contributed by atoms with van der Waals surface area (Å²) in [7, 11) is 3.82. The van der Waals surface area contributed by atoms with E-state index < -0.39 is 0 Å². The van der Waals surface area contributed by atoms with E-state index in [1.54, 1.807) is 6.20 Å². The molecule has 0 aliphatic carbocycles. The van der Waals surface area contributed by atoms with Gasteiger partial charge in [0.25, 0.3) is 5.91 Å². The number of aryl methyl sites for hydroxylation is 3. The van der Waals surface area contributed by atoms with Crippen molar-refractivity contribution in [2.45, 2.75) is 20.5 Å². The van der Waals surface area contributed by atoms with Crippen molar-refractivity contribution in [1.29, 1.82) is 0 Å². The Morgan fingerprint density at radius 2 is 1.87 bits per heavy atom. The molecule has 0 saturated heterocycles. The maximum absolute atomic E-state index is 12.3. The van der Waals surface area contributed by atoms with Crippen LogP contribution in [0.1, 0.15) is 17.0 Å². The largest absolute Gasteiger partial charge is 0.364 e. The van der Waals surface area contributed by atoms with Gasteiger partial charge in [-0.2, -0.15) is 0 Å². The molecule has 30 heavy (non-hydrogen) atoms. The van der Waals surface area contributed by atoms with Crippen molar-refractivity contribution >= 4 is 22.9 Å². The number of amides is 1. The minimum Gasteiger partial charge on any atom is -0.364 e. The number of carbonyl (C=O) groups excluding carboxylic acids is 1. The fraction of sp³-hybridized carbons (Fsp3) is 0.261. The standard InChI is InChI=1S/C23H25N5O2/c1-15-9-10-17(11-16(15)2)20-12-24-23(28(20)4)26-22(29)14-30-13-21-25-18-7-5-6-8-19(18)27(21)3/h5-12H,13-14H2,1-4H3,(H,24,26,29). The number of aromatic nitrogens is 4. The van der Waals surface area contributed by atoms with Gasteiger partial charge in [0.15, 0.2) is 0 Å². The molecule has 4 aromatic rings. The lowest BCUT2D eigenvalue weighted by Gasteiger charge is -2.09. The predicted molar refractivity (Wildman–Crippen MR) is 117 cm³/mol. The highest BCUT2D eigenvalue weighted by molar-refractivity contribution is 5.90. The Hall–Kier alpha value is -3.45. The van der Waals surface area contributed by atoms with Crippen LogP contribution in [0.3, 0.4) is 0 Å². The molecule has 2 aromatic heterocycles. The van der Waals surface area contributed by atoms with Crippen molar-refractivity contribution < 1.29 is 9.53 Å². The van der Waals surface area contributed by atoms with Crippen LogP contribution in [-0.2, 0) is 30.2 Å². The average Bonchev–Trinajstić information content (AvgIpc) is 3.24. The van der Waals surface area contributed by atoms with E-state index >= 15 is 0 Å². The molecule has 4 rings (SSSR count). The molecule has 154 valence electrons. The van der Waals surface area contributed by atoms with E-state index in [-0.39, 0.29) is 19.1 Å². The van der Waals surface area contributed by atoms with Gasteiger partial charge in [-0.15, -0.1) is 0 Å². The van der Waals surface area contributed by atoms with Crippen LogP contribution in [0.4, 0.5) is 5.95 Å². The Balaban J connectivity index is 1.38. The maximum Gasteiger partial charge on any atom is 0.252 e. The number of imidazole rings is 2. The second-order valence-corrected chi connectivity index (χ2v) is 7.44. The van der Waals surface area contributed by atoms with Gasteiger partial charge in [-0.05, 0) is 43.2 Å². The molecule has 0 spiro atoms. The molecule has 2 heterocycles. The van der Waals surface area contributed by atoms with Crippen LogP contribution in [0.15, 0.2) is 48.7 Å². The molecular formula is C23H25N5O2. The molecule has 0 unspecified atom stereocenters. The summed E-state index contributed by atoms with van der Waals surface area (Å²) in [4.78, 5) is 21.2. The number of anilines is 1. The van der Waals surface area contributed by atoms with Crippen LogP contribution in [-0.4, -0.2) is 31.6 Å². The van der Waals surface area contributed by atoms with Gasteiger partial charge in [-0.3, -0.25) is 10.1 Å². The third-order valence-electron chi connectivity index (χ3n) is 5.39. The Bertz CT molecular complexity index is 1220. The first-order valence-corrected chi connectivity index (χ1v) is 9.81. The van der Waals surface area contributed by atoms with Gasteiger partial charge in [0.2, 0.25) is 5.95 Å². The summed E-state index contributed by atoms with van der Waals surface area (Å²) >= 11 is 0. The number of ether oxygens (including phenoxy) is 1. The van der Waals surface area contributed by atoms with Crippen molar-refractivity contribution in [3.05, 3.63) is 65.6 Å². The normalized spacial score (nSPS) is 11.2. The van der Waals surface area contributed by atoms with Gasteiger partial charge in [0.05, 0.1) is 22.9 Å². The number of rotatable bonds is 6. The smallest absolute Gasteiger partial charge is 0.252 e. The van der Waals surface area contributed by atoms with Crippen LogP contribution < -0.4 is 5.32 Å². The maximum atomic E-state index is 12.3. The molecule has 0 aliphatic heterocycles. The molecule has 7 heteroatoms. The van der Waals surface area contributed by atoms with Crippen molar-refractivity contribution in [2.75, 3.05) is 11.9 Å². The summed E-state index contributed by atoms with van der Waals surface area (Å²) < 4.78 is 9.43. The zero-order valence-electron chi connectivity index (χ0n) is 17.6. The van der Waals surface area contributed by atoms with Gasteiger partial charge >= 0.3 is 0 Å². The fourth-order valence-corrected chi connectivity index (χ4v) is 3.41. The molecule has 0 saturated carbocycles. The van der Waals surface area contributed by atoms with E-state index in [0.29, 0.717) is 5.95 Å². The van der Waals surface area contributed by atoms with Gasteiger partial charge in [0, 0.05) is 19.7 Å². The number of nitrogens with zero attached hydrogens (tertiary/aromatic N) is 4. The van der Waals surface area contributed by atoms with E-state index in [1.165, 1.54) is 11.1 Å². The Kier molecular flexibility index (Phi) is 5.37. The predicted octanol–water partition coefficient (Wildman–Crippen LogP) is 3.75. The summed E-state index contributed by atoms with van der Waals surface area (Å²) in [5.41, 5.74) is 6.41. The lowest BCUT2D eigenvalue weighted by molar-refractivity contribution is -0.121. The molecule has 0 fully saturated rings. The lowest BCUT2D eigenvalue weighted by Crippen LogP contribution is -2.20. The first-order valence-electron chi connectivity index (χ1n) is 9.81. The van der Waals surface area contributed by atoms with Crippen LogP contribution >= 0.6 is 0 Å². The molecule has 2 aromatic carbocycles. The van der Waals surface area contributed by atoms with Crippen molar-refractivity contribution in [3.63, 3.8) is 0 Å². The van der Waals surface area contributed by atoms with E-state index in [9.17, 15) is 4.79 Å². The minimum absolute atomic E-state index is 0.0744. The summed E-state index contributed by atoms with van der Waals surface area (Å²) in [6.07, 6.45) is 1.76. The SMILES string of the molecule is Cc1ccc(-c2cnc(NC(=O)COCc3nc4ccccc4n3C)n2C)cc1C. The highest BCUT2D eigenvalue weighted by Gasteiger charge is 2.13. The zero-order chi connectivity index (χ0) is 21.3. The molecule has 1 N–H and O–H groups in total. The second kappa shape index (κ2) is 8.12. The number of nitrogens with one attached hydrogen (secondary N) is 1. The third-order valence-corrected chi connectivity index (χ3v) is 5.39. The Morgan fingerprint density at radius 1 is 1.07 bits per heavy atom. The van der Waals surface area contributed by atoms with Gasteiger partial charge in [-0.25, -0.2) is 9.97 Å². The van der Waals surface area contributed by atoms with Crippen molar-refractivity contribution in [3.8, 4) is 11.3 Å². The second-order valence-electron chi connectivity index (χ2n) is 7.44. The number of fused-ring (bicyclic) bond motifs is 1. The molecule has 0 bridgehead atoms. The topological polar surface area (TPSA) is 74.0 Å². The third kappa shape index (κ3) is 3.84. The van der Waals surface area contributed by atoms with Gasteiger partial charge < -0.3 is 13.9 Å². The molecule has 0 radical (unpaired) electrons. The highest BCUT2D eigenvalue weighted by atomic mass is 16.5. The van der Waals surface area contributed by atoms with Crippen LogP contribution in [0, 0.1) is 13.8 Å². The van der Waals surface area contributed by atoms with E-state index in [2.05, 4.69) is 47.3 Å². The minimum atomic E-state index is -0.255. The van der Waals surface area contributed by atoms with Gasteiger partial charge in [-0.1, -0.05) is 24.3 Å². The van der Waals surface area contributed by atoms with Crippen LogP contribution in [0.2, 0.25) is 0 Å². The first kappa shape index (κ1) is 19.8. The van der Waals surface area contributed by atoms with Crippen LogP contribution in [0.25, 0.3) is 22.3 Å². The summed E-state index contributed by atoms with van der Waals surface area (Å²) in [6, 6.07) is 14.2. The number of carbonyl (C=O) groups is 1. The summed E-state index contributed by atoms with van der Waals surface area (Å²) in [5, 5.41) is 2.81. The Morgan fingerprint density at radius 3 is 2.63 bits per heavy atom. The fourth-order valence-electron chi connectivity index (χ4n) is 3.41. The number of hydrogen-bond acceptors (Lipinski definition) is 4. The number of benzene rings is 2. The van der Waals surface area contributed by atoms with Gasteiger partial charge in [0.1, 0.15) is 19.0 Å². The average molecular weight is 403 g/mol. The summed E-state index contributed by atoms with van der Waals surface area (Å²) in [5.74, 6) is 1.01. The lowest BCUT2D eigenvalue weighted by atomic mass is 10.0. The van der Waals surface area contributed by atoms with E-state index in [4.69, 9.17) is 4.74 Å². The molecule has 1 amide bonds. The van der Waals surface area contributed by atoms with Crippen molar-refractivity contribution in [1.82, 2.24) is 19.1 Å². The first-order chi connectivity index (χ1) is 14.4. The quantitative estimate of drug-likeness (QED) is 0.532. The van der Waals surface area contributed by atoms with Crippen LogP contribution in [0.5, 0.6) is 0 Å². The summed E-state index contributed by atoms with van der Waals surface area (Å²) in [6.45, 7) is 4.35. The molecule has 0 aliphatic rings. The Labute approximate surface area is 175 Å². The molecule has 0 atom stereocenters. The monoisotopic (exact) mass is 403 g/mol.